The molecule has 0 radical (unpaired) electrons. The Morgan fingerprint density at radius 1 is 1.05 bits per heavy atom. The molecule has 0 saturated carbocycles. The van der Waals surface area contributed by atoms with Crippen LogP contribution in [0.15, 0.2) is 23.1 Å². The van der Waals surface area contributed by atoms with Crippen molar-refractivity contribution in [1.82, 2.24) is 4.31 Å². The summed E-state index contributed by atoms with van der Waals surface area (Å²) in [7, 11) is -3.77. The molecule has 114 valence electrons. The fourth-order valence-electron chi connectivity index (χ4n) is 1.95. The first-order valence-corrected chi connectivity index (χ1v) is 8.10. The maximum atomic E-state index is 12.6. The molecule has 0 atom stereocenters. The van der Waals surface area contributed by atoms with Gasteiger partial charge in [-0.1, -0.05) is 27.7 Å². The van der Waals surface area contributed by atoms with E-state index >= 15 is 0 Å². The summed E-state index contributed by atoms with van der Waals surface area (Å²) in [6.45, 7) is 8.56. The zero-order chi connectivity index (χ0) is 15.5. The zero-order valence-corrected chi connectivity index (χ0v) is 13.2. The Labute approximate surface area is 120 Å². The SMILES string of the molecule is CC(C)CN(CC(C)C)S(=O)(=O)c1ccc(O)cc1O. The topological polar surface area (TPSA) is 77.8 Å². The van der Waals surface area contributed by atoms with Crippen molar-refractivity contribution in [2.24, 2.45) is 11.8 Å². The van der Waals surface area contributed by atoms with Gasteiger partial charge in [0.15, 0.2) is 0 Å². The van der Waals surface area contributed by atoms with Crippen molar-refractivity contribution >= 4 is 10.0 Å². The minimum atomic E-state index is -3.77. The maximum absolute atomic E-state index is 12.6. The van der Waals surface area contributed by atoms with Crippen molar-refractivity contribution in [3.8, 4) is 11.5 Å². The summed E-state index contributed by atoms with van der Waals surface area (Å²) in [6.07, 6.45) is 0. The molecule has 1 aromatic rings. The van der Waals surface area contributed by atoms with Crippen LogP contribution in [0.4, 0.5) is 0 Å². The van der Waals surface area contributed by atoms with Gasteiger partial charge in [-0.15, -0.1) is 0 Å². The van der Waals surface area contributed by atoms with Crippen molar-refractivity contribution in [2.45, 2.75) is 32.6 Å². The highest BCUT2D eigenvalue weighted by molar-refractivity contribution is 7.89. The maximum Gasteiger partial charge on any atom is 0.246 e. The van der Waals surface area contributed by atoms with E-state index in [0.29, 0.717) is 13.1 Å². The number of rotatable bonds is 6. The van der Waals surface area contributed by atoms with Gasteiger partial charge >= 0.3 is 0 Å². The Balaban J connectivity index is 3.21. The van der Waals surface area contributed by atoms with E-state index in [1.54, 1.807) is 0 Å². The molecule has 2 N–H and O–H groups in total. The minimum absolute atomic E-state index is 0.166. The fourth-order valence-corrected chi connectivity index (χ4v) is 3.78. The molecule has 0 heterocycles. The van der Waals surface area contributed by atoms with Crippen LogP contribution in [0.2, 0.25) is 0 Å². The molecular formula is C14H23NO4S. The first-order valence-electron chi connectivity index (χ1n) is 6.66. The van der Waals surface area contributed by atoms with Crippen LogP contribution in [0.25, 0.3) is 0 Å². The first-order chi connectivity index (χ1) is 9.14. The number of hydrogen-bond acceptors (Lipinski definition) is 4. The van der Waals surface area contributed by atoms with Gasteiger partial charge in [0.25, 0.3) is 0 Å². The van der Waals surface area contributed by atoms with Gasteiger partial charge in [0.1, 0.15) is 16.4 Å². The highest BCUT2D eigenvalue weighted by Crippen LogP contribution is 2.29. The van der Waals surface area contributed by atoms with Crippen LogP contribution >= 0.6 is 0 Å². The summed E-state index contributed by atoms with van der Waals surface area (Å²) in [5, 5.41) is 19.0. The predicted octanol–water partition coefficient (Wildman–Crippen LogP) is 2.40. The second-order valence-electron chi connectivity index (χ2n) is 5.76. The van der Waals surface area contributed by atoms with Crippen LogP contribution in [0.3, 0.4) is 0 Å². The monoisotopic (exact) mass is 301 g/mol. The molecule has 0 fully saturated rings. The number of benzene rings is 1. The molecule has 0 aromatic heterocycles. The van der Waals surface area contributed by atoms with E-state index < -0.39 is 15.8 Å². The Bertz CT molecular complexity index is 542. The molecule has 0 aliphatic heterocycles. The van der Waals surface area contributed by atoms with E-state index in [4.69, 9.17) is 0 Å². The lowest BCUT2D eigenvalue weighted by Gasteiger charge is -2.26. The lowest BCUT2D eigenvalue weighted by Crippen LogP contribution is -2.37. The van der Waals surface area contributed by atoms with E-state index in [-0.39, 0.29) is 22.5 Å². The zero-order valence-electron chi connectivity index (χ0n) is 12.4. The van der Waals surface area contributed by atoms with Gasteiger partial charge in [-0.25, -0.2) is 8.42 Å². The predicted molar refractivity (Wildman–Crippen MR) is 78.2 cm³/mol. The molecule has 1 rings (SSSR count). The number of phenols is 2. The number of nitrogens with zero attached hydrogens (tertiary/aromatic N) is 1. The summed E-state index contributed by atoms with van der Waals surface area (Å²) < 4.78 is 26.6. The fraction of sp³-hybridized carbons (Fsp3) is 0.571. The molecule has 0 spiro atoms. The van der Waals surface area contributed by atoms with Gasteiger partial charge in [0, 0.05) is 19.2 Å². The molecule has 5 nitrogen and oxygen atoms in total. The van der Waals surface area contributed by atoms with Crippen molar-refractivity contribution in [3.05, 3.63) is 18.2 Å². The van der Waals surface area contributed by atoms with E-state index in [0.717, 1.165) is 6.07 Å². The van der Waals surface area contributed by atoms with Gasteiger partial charge in [-0.2, -0.15) is 4.31 Å². The number of sulfonamides is 1. The van der Waals surface area contributed by atoms with E-state index in [2.05, 4.69) is 0 Å². The van der Waals surface area contributed by atoms with Crippen molar-refractivity contribution in [3.63, 3.8) is 0 Å². The Kier molecular flexibility index (Phi) is 5.42. The molecular weight excluding hydrogens is 278 g/mol. The van der Waals surface area contributed by atoms with Crippen molar-refractivity contribution in [1.29, 1.82) is 0 Å². The average molecular weight is 301 g/mol. The molecule has 0 unspecified atom stereocenters. The molecule has 0 bridgehead atoms. The van der Waals surface area contributed by atoms with E-state index in [1.807, 2.05) is 27.7 Å². The van der Waals surface area contributed by atoms with Gasteiger partial charge in [0.05, 0.1) is 0 Å². The molecule has 20 heavy (non-hydrogen) atoms. The molecule has 1 aromatic carbocycles. The van der Waals surface area contributed by atoms with Gasteiger partial charge in [0.2, 0.25) is 10.0 Å². The van der Waals surface area contributed by atoms with Crippen LogP contribution in [0.5, 0.6) is 11.5 Å². The first kappa shape index (κ1) is 16.8. The molecule has 0 saturated heterocycles. The van der Waals surface area contributed by atoms with Crippen molar-refractivity contribution in [2.75, 3.05) is 13.1 Å². The van der Waals surface area contributed by atoms with Crippen LogP contribution in [-0.4, -0.2) is 36.0 Å². The van der Waals surface area contributed by atoms with E-state index in [9.17, 15) is 18.6 Å². The van der Waals surface area contributed by atoms with Crippen LogP contribution in [0.1, 0.15) is 27.7 Å². The third-order valence-electron chi connectivity index (χ3n) is 2.70. The second-order valence-corrected chi connectivity index (χ2v) is 7.67. The van der Waals surface area contributed by atoms with Gasteiger partial charge in [-0.05, 0) is 24.0 Å². The third kappa shape index (κ3) is 4.11. The summed E-state index contributed by atoms with van der Waals surface area (Å²) in [5.74, 6) is -0.228. The highest BCUT2D eigenvalue weighted by Gasteiger charge is 2.28. The smallest absolute Gasteiger partial charge is 0.246 e. The number of phenolic OH excluding ortho intramolecular Hbond substituents is 2. The van der Waals surface area contributed by atoms with Crippen LogP contribution < -0.4 is 0 Å². The molecule has 0 amide bonds. The van der Waals surface area contributed by atoms with Crippen molar-refractivity contribution < 1.29 is 18.6 Å². The molecule has 0 aliphatic carbocycles. The standard InChI is InChI=1S/C14H23NO4S/c1-10(2)8-15(9-11(3)4)20(18,19)14-6-5-12(16)7-13(14)17/h5-7,10-11,16-17H,8-9H2,1-4H3. The Hall–Kier alpha value is -1.27. The number of aromatic hydroxyl groups is 2. The summed E-state index contributed by atoms with van der Waals surface area (Å²) in [5.41, 5.74) is 0. The van der Waals surface area contributed by atoms with Gasteiger partial charge in [-0.3, -0.25) is 0 Å². The second kappa shape index (κ2) is 6.45. The van der Waals surface area contributed by atoms with Gasteiger partial charge < -0.3 is 10.2 Å². The quantitative estimate of drug-likeness (QED) is 0.845. The lowest BCUT2D eigenvalue weighted by molar-refractivity contribution is 0.331. The van der Waals surface area contributed by atoms with Crippen LogP contribution in [-0.2, 0) is 10.0 Å². The molecule has 6 heteroatoms. The summed E-state index contributed by atoms with van der Waals surface area (Å²) in [4.78, 5) is -0.170. The lowest BCUT2D eigenvalue weighted by atomic mass is 10.2. The largest absolute Gasteiger partial charge is 0.508 e. The Morgan fingerprint density at radius 3 is 1.95 bits per heavy atom. The highest BCUT2D eigenvalue weighted by atomic mass is 32.2. The summed E-state index contributed by atoms with van der Waals surface area (Å²) >= 11 is 0. The third-order valence-corrected chi connectivity index (χ3v) is 4.58. The van der Waals surface area contributed by atoms with Crippen LogP contribution in [0, 0.1) is 11.8 Å². The normalized spacial score (nSPS) is 12.6. The minimum Gasteiger partial charge on any atom is -0.508 e. The Morgan fingerprint density at radius 2 is 1.55 bits per heavy atom. The van der Waals surface area contributed by atoms with E-state index in [1.165, 1.54) is 16.4 Å². The number of hydrogen-bond donors (Lipinski definition) is 2. The summed E-state index contributed by atoms with van der Waals surface area (Å²) in [6, 6.07) is 3.53. The molecule has 0 aliphatic rings. The average Bonchev–Trinajstić information content (AvgIpc) is 2.26.